The lowest BCUT2D eigenvalue weighted by molar-refractivity contribution is -0.131. The third kappa shape index (κ3) is 3.91. The second-order valence-electron chi connectivity index (χ2n) is 3.36. The Morgan fingerprint density at radius 3 is 2.61 bits per heavy atom. The quantitative estimate of drug-likeness (QED) is 0.385. The minimum atomic E-state index is -1.20. The Kier molecular flexibility index (Phi) is 4.89. The number of rotatable bonds is 6. The first-order chi connectivity index (χ1) is 8.54. The number of nitrogen functional groups attached to an aromatic ring is 1. The molecule has 0 saturated heterocycles. The Balaban J connectivity index is 2.83. The molecule has 0 radical (unpaired) electrons. The van der Waals surface area contributed by atoms with Crippen LogP contribution in [0, 0.1) is 0 Å². The molecule has 0 heterocycles. The molecule has 0 aliphatic carbocycles. The zero-order valence-electron chi connectivity index (χ0n) is 9.50. The van der Waals surface area contributed by atoms with Gasteiger partial charge < -0.3 is 20.7 Å². The number of allylic oxidation sites excluding steroid dienone is 1. The lowest BCUT2D eigenvalue weighted by Crippen LogP contribution is -2.05. The number of hydrogen-bond acceptors (Lipinski definition) is 5. The predicted molar refractivity (Wildman–Crippen MR) is 64.5 cm³/mol. The fourth-order valence-corrected chi connectivity index (χ4v) is 1.23. The molecule has 0 aliphatic rings. The fraction of sp³-hybridized carbons (Fsp3) is 0.167. The number of carboxylic acid groups (broad SMARTS) is 1. The predicted octanol–water partition coefficient (Wildman–Crippen LogP) is 0.463. The van der Waals surface area contributed by atoms with E-state index < -0.39 is 11.8 Å². The SMILES string of the molecule is Nc1cc(C(=O)/C=C/C(=O)O)ccc1OCCO. The summed E-state index contributed by atoms with van der Waals surface area (Å²) in [7, 11) is 0. The van der Waals surface area contributed by atoms with Gasteiger partial charge in [0.25, 0.3) is 0 Å². The van der Waals surface area contributed by atoms with E-state index in [1.165, 1.54) is 18.2 Å². The molecule has 0 aromatic heterocycles. The van der Waals surface area contributed by atoms with Crippen molar-refractivity contribution < 1.29 is 24.5 Å². The van der Waals surface area contributed by atoms with Crippen molar-refractivity contribution in [2.24, 2.45) is 0 Å². The van der Waals surface area contributed by atoms with Gasteiger partial charge in [-0.2, -0.15) is 0 Å². The van der Waals surface area contributed by atoms with Crippen molar-refractivity contribution in [1.82, 2.24) is 0 Å². The molecule has 0 fully saturated rings. The summed E-state index contributed by atoms with van der Waals surface area (Å²) >= 11 is 0. The zero-order chi connectivity index (χ0) is 13.5. The Morgan fingerprint density at radius 1 is 1.33 bits per heavy atom. The summed E-state index contributed by atoms with van der Waals surface area (Å²) in [6, 6.07) is 4.35. The number of carboxylic acids is 1. The average molecular weight is 251 g/mol. The number of aliphatic hydroxyl groups excluding tert-OH is 1. The maximum absolute atomic E-state index is 11.5. The standard InChI is InChI=1S/C12H13NO5/c13-9-7-8(10(15)2-4-12(16)17)1-3-11(9)18-6-5-14/h1-4,7,14H,5-6,13H2,(H,16,17)/b4-2+. The molecule has 0 amide bonds. The number of ketones is 1. The van der Waals surface area contributed by atoms with Crippen LogP contribution in [0.2, 0.25) is 0 Å². The molecule has 0 bridgehead atoms. The topological polar surface area (TPSA) is 110 Å². The van der Waals surface area contributed by atoms with E-state index in [0.717, 1.165) is 12.2 Å². The molecule has 6 heteroatoms. The first-order valence-corrected chi connectivity index (χ1v) is 5.13. The van der Waals surface area contributed by atoms with Crippen LogP contribution in [0.25, 0.3) is 0 Å². The van der Waals surface area contributed by atoms with E-state index >= 15 is 0 Å². The number of carbonyl (C=O) groups excluding carboxylic acids is 1. The molecule has 0 aliphatic heterocycles. The first-order valence-electron chi connectivity index (χ1n) is 5.13. The number of carbonyl (C=O) groups is 2. The molecule has 0 atom stereocenters. The lowest BCUT2D eigenvalue weighted by Gasteiger charge is -2.08. The maximum Gasteiger partial charge on any atom is 0.328 e. The number of ether oxygens (including phenoxy) is 1. The Hall–Kier alpha value is -2.34. The van der Waals surface area contributed by atoms with Crippen LogP contribution in [-0.4, -0.2) is 35.2 Å². The summed E-state index contributed by atoms with van der Waals surface area (Å²) in [5, 5.41) is 17.0. The molecule has 6 nitrogen and oxygen atoms in total. The molecule has 18 heavy (non-hydrogen) atoms. The fourth-order valence-electron chi connectivity index (χ4n) is 1.23. The lowest BCUT2D eigenvalue weighted by atomic mass is 10.1. The van der Waals surface area contributed by atoms with Gasteiger partial charge >= 0.3 is 5.97 Å². The van der Waals surface area contributed by atoms with Gasteiger partial charge in [0.15, 0.2) is 5.78 Å². The van der Waals surface area contributed by atoms with Crippen molar-refractivity contribution in [1.29, 1.82) is 0 Å². The Morgan fingerprint density at radius 2 is 2.06 bits per heavy atom. The maximum atomic E-state index is 11.5. The van der Waals surface area contributed by atoms with Gasteiger partial charge in [0.2, 0.25) is 0 Å². The first kappa shape index (κ1) is 13.7. The minimum Gasteiger partial charge on any atom is -0.489 e. The van der Waals surface area contributed by atoms with Crippen LogP contribution in [0.3, 0.4) is 0 Å². The van der Waals surface area contributed by atoms with Crippen LogP contribution in [0.15, 0.2) is 30.4 Å². The highest BCUT2D eigenvalue weighted by atomic mass is 16.5. The second-order valence-corrected chi connectivity index (χ2v) is 3.36. The van der Waals surface area contributed by atoms with Crippen LogP contribution < -0.4 is 10.5 Å². The van der Waals surface area contributed by atoms with Crippen LogP contribution in [-0.2, 0) is 4.79 Å². The van der Waals surface area contributed by atoms with Crippen molar-refractivity contribution in [3.8, 4) is 5.75 Å². The average Bonchev–Trinajstić information content (AvgIpc) is 2.34. The molecule has 1 aromatic rings. The molecular weight excluding hydrogens is 238 g/mol. The number of hydrogen-bond donors (Lipinski definition) is 3. The van der Waals surface area contributed by atoms with Crippen LogP contribution in [0.4, 0.5) is 5.69 Å². The molecule has 0 spiro atoms. The summed E-state index contributed by atoms with van der Waals surface area (Å²) in [6.45, 7) is -0.0299. The zero-order valence-corrected chi connectivity index (χ0v) is 9.50. The largest absolute Gasteiger partial charge is 0.489 e. The van der Waals surface area contributed by atoms with Gasteiger partial charge in [-0.15, -0.1) is 0 Å². The van der Waals surface area contributed by atoms with Crippen molar-refractivity contribution >= 4 is 17.4 Å². The van der Waals surface area contributed by atoms with E-state index in [2.05, 4.69) is 0 Å². The third-order valence-corrected chi connectivity index (χ3v) is 2.02. The minimum absolute atomic E-state index is 0.108. The van der Waals surface area contributed by atoms with Crippen LogP contribution in [0.5, 0.6) is 5.75 Å². The van der Waals surface area contributed by atoms with Gasteiger partial charge in [-0.3, -0.25) is 4.79 Å². The van der Waals surface area contributed by atoms with Crippen LogP contribution in [0.1, 0.15) is 10.4 Å². The number of benzene rings is 1. The van der Waals surface area contributed by atoms with Crippen LogP contribution >= 0.6 is 0 Å². The van der Waals surface area contributed by atoms with E-state index in [4.69, 9.17) is 20.7 Å². The highest BCUT2D eigenvalue weighted by Crippen LogP contribution is 2.22. The van der Waals surface area contributed by atoms with Gasteiger partial charge in [-0.05, 0) is 24.3 Å². The van der Waals surface area contributed by atoms with Gasteiger partial charge in [-0.1, -0.05) is 0 Å². The highest BCUT2D eigenvalue weighted by Gasteiger charge is 2.07. The summed E-state index contributed by atoms with van der Waals surface area (Å²) in [4.78, 5) is 21.8. The van der Waals surface area contributed by atoms with Gasteiger partial charge in [-0.25, -0.2) is 4.79 Å². The van der Waals surface area contributed by atoms with E-state index in [1.807, 2.05) is 0 Å². The summed E-state index contributed by atoms with van der Waals surface area (Å²) in [5.41, 5.74) is 6.17. The monoisotopic (exact) mass is 251 g/mol. The summed E-state index contributed by atoms with van der Waals surface area (Å²) < 4.78 is 5.12. The van der Waals surface area contributed by atoms with Gasteiger partial charge in [0, 0.05) is 11.6 Å². The molecule has 96 valence electrons. The van der Waals surface area contributed by atoms with E-state index in [1.54, 1.807) is 0 Å². The number of aliphatic carboxylic acids is 1. The second kappa shape index (κ2) is 6.41. The van der Waals surface area contributed by atoms with Crippen molar-refractivity contribution in [3.63, 3.8) is 0 Å². The van der Waals surface area contributed by atoms with E-state index in [9.17, 15) is 9.59 Å². The smallest absolute Gasteiger partial charge is 0.328 e. The number of nitrogens with two attached hydrogens (primary N) is 1. The summed E-state index contributed by atoms with van der Waals surface area (Å²) in [6.07, 6.45) is 1.71. The van der Waals surface area contributed by atoms with Crippen molar-refractivity contribution in [2.75, 3.05) is 18.9 Å². The number of aliphatic hydroxyl groups is 1. The molecule has 4 N–H and O–H groups in total. The van der Waals surface area contributed by atoms with E-state index in [0.29, 0.717) is 5.75 Å². The summed E-state index contributed by atoms with van der Waals surface area (Å²) in [5.74, 6) is -1.29. The molecule has 1 rings (SSSR count). The molecule has 0 saturated carbocycles. The molecule has 1 aromatic carbocycles. The van der Waals surface area contributed by atoms with Crippen molar-refractivity contribution in [2.45, 2.75) is 0 Å². The Labute approximate surface area is 103 Å². The third-order valence-electron chi connectivity index (χ3n) is 2.02. The van der Waals surface area contributed by atoms with Crippen molar-refractivity contribution in [3.05, 3.63) is 35.9 Å². The molecular formula is C12H13NO5. The van der Waals surface area contributed by atoms with Gasteiger partial charge in [0.05, 0.1) is 12.3 Å². The van der Waals surface area contributed by atoms with Gasteiger partial charge in [0.1, 0.15) is 12.4 Å². The highest BCUT2D eigenvalue weighted by molar-refractivity contribution is 6.07. The normalized spacial score (nSPS) is 10.5. The number of anilines is 1. The Bertz CT molecular complexity index is 481. The molecule has 0 unspecified atom stereocenters. The van der Waals surface area contributed by atoms with E-state index in [-0.39, 0.29) is 24.5 Å².